The second-order valence-corrected chi connectivity index (χ2v) is 3.86. The van der Waals surface area contributed by atoms with Crippen LogP contribution in [0.15, 0.2) is 24.3 Å². The SMILES string of the molecule is CCCCNC(C(=O)O)c1cccc(OC)c1. The Kier molecular flexibility index (Phi) is 5.49. The van der Waals surface area contributed by atoms with Gasteiger partial charge in [-0.1, -0.05) is 25.5 Å². The number of aliphatic carboxylic acids is 1. The maximum Gasteiger partial charge on any atom is 0.325 e. The van der Waals surface area contributed by atoms with Crippen molar-refractivity contribution >= 4 is 5.97 Å². The Bertz CT molecular complexity index is 365. The normalized spacial score (nSPS) is 12.1. The molecule has 0 fully saturated rings. The zero-order valence-electron chi connectivity index (χ0n) is 10.3. The second kappa shape index (κ2) is 6.91. The van der Waals surface area contributed by atoms with Gasteiger partial charge in [-0.05, 0) is 30.7 Å². The molecule has 4 heteroatoms. The van der Waals surface area contributed by atoms with Crippen molar-refractivity contribution in [3.05, 3.63) is 29.8 Å². The van der Waals surface area contributed by atoms with E-state index >= 15 is 0 Å². The predicted octanol–water partition coefficient (Wildman–Crippen LogP) is 2.21. The molecule has 0 aliphatic carbocycles. The molecule has 0 saturated heterocycles. The van der Waals surface area contributed by atoms with Crippen LogP contribution in [-0.4, -0.2) is 24.7 Å². The Morgan fingerprint density at radius 1 is 1.53 bits per heavy atom. The van der Waals surface area contributed by atoms with E-state index < -0.39 is 12.0 Å². The van der Waals surface area contributed by atoms with E-state index in [1.165, 1.54) is 0 Å². The number of benzene rings is 1. The highest BCUT2D eigenvalue weighted by atomic mass is 16.5. The molecule has 1 atom stereocenters. The summed E-state index contributed by atoms with van der Waals surface area (Å²) >= 11 is 0. The van der Waals surface area contributed by atoms with E-state index in [4.69, 9.17) is 4.74 Å². The standard InChI is InChI=1S/C13H19NO3/c1-3-4-8-14-12(13(15)16)10-6-5-7-11(9-10)17-2/h5-7,9,12,14H,3-4,8H2,1-2H3,(H,15,16). The van der Waals surface area contributed by atoms with Crippen molar-refractivity contribution in [2.75, 3.05) is 13.7 Å². The van der Waals surface area contributed by atoms with Crippen LogP contribution in [0.5, 0.6) is 5.75 Å². The van der Waals surface area contributed by atoms with Crippen LogP contribution in [-0.2, 0) is 4.79 Å². The summed E-state index contributed by atoms with van der Waals surface area (Å²) in [7, 11) is 1.57. The Hall–Kier alpha value is -1.55. The first-order valence-corrected chi connectivity index (χ1v) is 5.79. The summed E-state index contributed by atoms with van der Waals surface area (Å²) in [5, 5.41) is 12.2. The number of unbranched alkanes of at least 4 members (excludes halogenated alkanes) is 1. The molecule has 2 N–H and O–H groups in total. The fourth-order valence-electron chi connectivity index (χ4n) is 1.59. The number of carbonyl (C=O) groups is 1. The van der Waals surface area contributed by atoms with Gasteiger partial charge in [0.1, 0.15) is 11.8 Å². The maximum absolute atomic E-state index is 11.2. The molecule has 94 valence electrons. The second-order valence-electron chi connectivity index (χ2n) is 3.86. The summed E-state index contributed by atoms with van der Waals surface area (Å²) in [4.78, 5) is 11.2. The molecule has 1 aromatic carbocycles. The molecule has 1 rings (SSSR count). The third-order valence-electron chi connectivity index (χ3n) is 2.55. The van der Waals surface area contributed by atoms with Crippen molar-refractivity contribution < 1.29 is 14.6 Å². The molecule has 1 aromatic rings. The van der Waals surface area contributed by atoms with E-state index in [0.29, 0.717) is 17.9 Å². The predicted molar refractivity (Wildman–Crippen MR) is 66.3 cm³/mol. The lowest BCUT2D eigenvalue weighted by Crippen LogP contribution is -2.29. The molecule has 0 amide bonds. The van der Waals surface area contributed by atoms with Gasteiger partial charge in [0.15, 0.2) is 0 Å². The van der Waals surface area contributed by atoms with Crippen molar-refractivity contribution in [1.29, 1.82) is 0 Å². The van der Waals surface area contributed by atoms with E-state index in [2.05, 4.69) is 12.2 Å². The van der Waals surface area contributed by atoms with Gasteiger partial charge in [0.25, 0.3) is 0 Å². The van der Waals surface area contributed by atoms with Crippen LogP contribution < -0.4 is 10.1 Å². The van der Waals surface area contributed by atoms with Gasteiger partial charge >= 0.3 is 5.97 Å². The molecule has 1 unspecified atom stereocenters. The summed E-state index contributed by atoms with van der Waals surface area (Å²) < 4.78 is 5.09. The number of hydrogen-bond donors (Lipinski definition) is 2. The highest BCUT2D eigenvalue weighted by molar-refractivity contribution is 5.75. The van der Waals surface area contributed by atoms with Gasteiger partial charge in [-0.15, -0.1) is 0 Å². The molecule has 0 aliphatic heterocycles. The van der Waals surface area contributed by atoms with Gasteiger partial charge < -0.3 is 15.2 Å². The van der Waals surface area contributed by atoms with Gasteiger partial charge in [-0.25, -0.2) is 0 Å². The van der Waals surface area contributed by atoms with Crippen LogP contribution >= 0.6 is 0 Å². The van der Waals surface area contributed by atoms with Crippen molar-refractivity contribution in [3.8, 4) is 5.75 Å². The molecule has 0 aromatic heterocycles. The van der Waals surface area contributed by atoms with E-state index in [-0.39, 0.29) is 0 Å². The number of rotatable bonds is 7. The third-order valence-corrected chi connectivity index (χ3v) is 2.55. The van der Waals surface area contributed by atoms with E-state index in [1.54, 1.807) is 31.4 Å². The fourth-order valence-corrected chi connectivity index (χ4v) is 1.59. The van der Waals surface area contributed by atoms with Crippen LogP contribution in [0.1, 0.15) is 31.4 Å². The van der Waals surface area contributed by atoms with Crippen molar-refractivity contribution in [2.45, 2.75) is 25.8 Å². The van der Waals surface area contributed by atoms with E-state index in [0.717, 1.165) is 12.8 Å². The Morgan fingerprint density at radius 3 is 2.88 bits per heavy atom. The zero-order chi connectivity index (χ0) is 12.7. The molecule has 0 spiro atoms. The number of ether oxygens (including phenoxy) is 1. The number of nitrogens with one attached hydrogen (secondary N) is 1. The highest BCUT2D eigenvalue weighted by Gasteiger charge is 2.18. The van der Waals surface area contributed by atoms with E-state index in [1.807, 2.05) is 0 Å². The molecule has 0 aliphatic rings. The molecule has 0 heterocycles. The smallest absolute Gasteiger partial charge is 0.325 e. The van der Waals surface area contributed by atoms with Crippen LogP contribution in [0.3, 0.4) is 0 Å². The summed E-state index contributed by atoms with van der Waals surface area (Å²) in [6, 6.07) is 6.47. The van der Waals surface area contributed by atoms with Crippen molar-refractivity contribution in [1.82, 2.24) is 5.32 Å². The Balaban J connectivity index is 2.78. The number of hydrogen-bond acceptors (Lipinski definition) is 3. The maximum atomic E-state index is 11.2. The fraction of sp³-hybridized carbons (Fsp3) is 0.462. The van der Waals surface area contributed by atoms with Crippen LogP contribution in [0.25, 0.3) is 0 Å². The summed E-state index contributed by atoms with van der Waals surface area (Å²) in [5.41, 5.74) is 0.716. The minimum Gasteiger partial charge on any atom is -0.497 e. The Morgan fingerprint density at radius 2 is 2.29 bits per heavy atom. The first-order valence-electron chi connectivity index (χ1n) is 5.79. The average Bonchev–Trinajstić information content (AvgIpc) is 2.34. The lowest BCUT2D eigenvalue weighted by molar-refractivity contribution is -0.139. The van der Waals surface area contributed by atoms with E-state index in [9.17, 15) is 9.90 Å². The molecular formula is C13H19NO3. The number of carboxylic acid groups (broad SMARTS) is 1. The van der Waals surface area contributed by atoms with Gasteiger partial charge in [0.05, 0.1) is 7.11 Å². The molecular weight excluding hydrogens is 218 g/mol. The van der Waals surface area contributed by atoms with Crippen molar-refractivity contribution in [2.24, 2.45) is 0 Å². The minimum atomic E-state index is -0.866. The largest absolute Gasteiger partial charge is 0.497 e. The van der Waals surface area contributed by atoms with Gasteiger partial charge in [-0.3, -0.25) is 4.79 Å². The average molecular weight is 237 g/mol. The lowest BCUT2D eigenvalue weighted by atomic mass is 10.1. The molecule has 0 saturated carbocycles. The number of carboxylic acids is 1. The first-order chi connectivity index (χ1) is 8.19. The quantitative estimate of drug-likeness (QED) is 0.714. The minimum absolute atomic E-state index is 0.670. The molecule has 17 heavy (non-hydrogen) atoms. The monoisotopic (exact) mass is 237 g/mol. The highest BCUT2D eigenvalue weighted by Crippen LogP contribution is 2.19. The van der Waals surface area contributed by atoms with Crippen LogP contribution in [0.4, 0.5) is 0 Å². The van der Waals surface area contributed by atoms with Gasteiger partial charge in [0, 0.05) is 0 Å². The third kappa shape index (κ3) is 4.07. The molecule has 0 bridgehead atoms. The first kappa shape index (κ1) is 13.5. The molecule has 0 radical (unpaired) electrons. The molecule has 4 nitrogen and oxygen atoms in total. The van der Waals surface area contributed by atoms with Gasteiger partial charge in [0.2, 0.25) is 0 Å². The lowest BCUT2D eigenvalue weighted by Gasteiger charge is -2.15. The summed E-state index contributed by atoms with van der Waals surface area (Å²) in [6.45, 7) is 2.77. The summed E-state index contributed by atoms with van der Waals surface area (Å²) in [5.74, 6) is -0.194. The topological polar surface area (TPSA) is 58.6 Å². The zero-order valence-corrected chi connectivity index (χ0v) is 10.3. The Labute approximate surface area is 102 Å². The van der Waals surface area contributed by atoms with Crippen molar-refractivity contribution in [3.63, 3.8) is 0 Å². The summed E-state index contributed by atoms with van der Waals surface area (Å²) in [6.07, 6.45) is 2.01. The van der Waals surface area contributed by atoms with Crippen LogP contribution in [0.2, 0.25) is 0 Å². The number of methoxy groups -OCH3 is 1. The van der Waals surface area contributed by atoms with Gasteiger partial charge in [-0.2, -0.15) is 0 Å². The van der Waals surface area contributed by atoms with Crippen LogP contribution in [0, 0.1) is 0 Å².